The maximum absolute atomic E-state index is 13.7. The quantitative estimate of drug-likeness (QED) is 0.477. The third kappa shape index (κ3) is 7.46. The van der Waals surface area contributed by atoms with E-state index in [1.807, 2.05) is 0 Å². The molecule has 1 heterocycles. The van der Waals surface area contributed by atoms with Gasteiger partial charge in [0.1, 0.15) is 11.3 Å². The van der Waals surface area contributed by atoms with Gasteiger partial charge >= 0.3 is 12.1 Å². The van der Waals surface area contributed by atoms with Gasteiger partial charge in [-0.2, -0.15) is 18.3 Å². The number of halogens is 3. The first-order chi connectivity index (χ1) is 15.6. The zero-order chi connectivity index (χ0) is 24.6. The molecule has 12 heteroatoms. The maximum atomic E-state index is 13.7. The van der Waals surface area contributed by atoms with Gasteiger partial charge in [-0.05, 0) is 31.5 Å². The minimum atomic E-state index is -4.93. The Morgan fingerprint density at radius 3 is 2.48 bits per heavy atom. The van der Waals surface area contributed by atoms with Crippen LogP contribution in [0.1, 0.15) is 25.0 Å². The molecule has 0 amide bonds. The van der Waals surface area contributed by atoms with Crippen LogP contribution in [0.15, 0.2) is 35.3 Å². The number of carbonyl (C=O) groups is 1. The minimum absolute atomic E-state index is 0.0884. The predicted octanol–water partition coefficient (Wildman–Crippen LogP) is 2.06. The van der Waals surface area contributed by atoms with Crippen LogP contribution in [-0.2, 0) is 27.0 Å². The molecule has 33 heavy (non-hydrogen) atoms. The average molecular weight is 473 g/mol. The number of carbonyl (C=O) groups excluding carboxylic acids is 1. The lowest BCUT2D eigenvalue weighted by Gasteiger charge is -2.20. The molecule has 0 aliphatic rings. The van der Waals surface area contributed by atoms with Gasteiger partial charge in [0.05, 0.1) is 45.4 Å². The number of aliphatic hydroxyl groups is 1. The zero-order valence-electron chi connectivity index (χ0n) is 18.4. The summed E-state index contributed by atoms with van der Waals surface area (Å²) in [6.07, 6.45) is -5.51. The number of esters is 1. The third-order valence-electron chi connectivity index (χ3n) is 4.42. The van der Waals surface area contributed by atoms with Crippen LogP contribution in [0.5, 0.6) is 5.75 Å². The van der Waals surface area contributed by atoms with Gasteiger partial charge in [-0.1, -0.05) is 12.1 Å². The number of hydrogen-bond acceptors (Lipinski definition) is 8. The van der Waals surface area contributed by atoms with Gasteiger partial charge in [0, 0.05) is 6.04 Å². The van der Waals surface area contributed by atoms with Crippen LogP contribution >= 0.6 is 0 Å². The molecule has 1 aromatic heterocycles. The fourth-order valence-electron chi connectivity index (χ4n) is 2.86. The fraction of sp³-hybridized carbons (Fsp3) is 0.476. The van der Waals surface area contributed by atoms with E-state index >= 15 is 0 Å². The van der Waals surface area contributed by atoms with Crippen molar-refractivity contribution in [3.8, 4) is 5.75 Å². The number of nitrogens with zero attached hydrogens (tertiary/aromatic N) is 2. The lowest BCUT2D eigenvalue weighted by atomic mass is 10.2. The summed E-state index contributed by atoms with van der Waals surface area (Å²) in [6.45, 7) is 2.48. The molecule has 9 nitrogen and oxygen atoms in total. The van der Waals surface area contributed by atoms with Crippen LogP contribution in [0.2, 0.25) is 0 Å². The first-order valence-electron chi connectivity index (χ1n) is 10.1. The van der Waals surface area contributed by atoms with Crippen LogP contribution in [0, 0.1) is 0 Å². The first kappa shape index (κ1) is 26.1. The van der Waals surface area contributed by atoms with E-state index in [2.05, 4.69) is 15.2 Å². The minimum Gasteiger partial charge on any atom is -0.497 e. The van der Waals surface area contributed by atoms with Crippen molar-refractivity contribution in [3.63, 3.8) is 0 Å². The number of nitrogens with one attached hydrogen (secondary N) is 1. The van der Waals surface area contributed by atoms with Gasteiger partial charge in [-0.15, -0.1) is 0 Å². The summed E-state index contributed by atoms with van der Waals surface area (Å²) in [6, 6.07) is 5.80. The molecule has 2 aromatic rings. The van der Waals surface area contributed by atoms with Crippen molar-refractivity contribution in [2.75, 3.05) is 32.2 Å². The van der Waals surface area contributed by atoms with Crippen molar-refractivity contribution < 1.29 is 37.3 Å². The summed E-state index contributed by atoms with van der Waals surface area (Å²) < 4.78 is 56.6. The second-order valence-electron chi connectivity index (χ2n) is 7.09. The highest BCUT2D eigenvalue weighted by atomic mass is 19.4. The molecule has 0 aliphatic carbocycles. The highest BCUT2D eigenvalue weighted by Crippen LogP contribution is 2.32. The fourth-order valence-corrected chi connectivity index (χ4v) is 2.86. The van der Waals surface area contributed by atoms with E-state index in [-0.39, 0.29) is 19.8 Å². The van der Waals surface area contributed by atoms with E-state index in [1.54, 1.807) is 31.2 Å². The molecule has 2 N–H and O–H groups in total. The molecular formula is C21H26F3N3O6. The van der Waals surface area contributed by atoms with Crippen molar-refractivity contribution in [1.82, 2.24) is 9.78 Å². The average Bonchev–Trinajstić information content (AvgIpc) is 2.75. The molecule has 0 fully saturated rings. The summed E-state index contributed by atoms with van der Waals surface area (Å²) in [5.74, 6) is -0.289. The van der Waals surface area contributed by atoms with Gasteiger partial charge < -0.3 is 24.6 Å². The Labute approximate surface area is 188 Å². The maximum Gasteiger partial charge on any atom is 0.423 e. The van der Waals surface area contributed by atoms with Crippen LogP contribution in [0.3, 0.4) is 0 Å². The zero-order valence-corrected chi connectivity index (χ0v) is 18.4. The predicted molar refractivity (Wildman–Crippen MR) is 112 cm³/mol. The van der Waals surface area contributed by atoms with Crippen molar-refractivity contribution in [2.45, 2.75) is 38.7 Å². The third-order valence-corrected chi connectivity index (χ3v) is 4.42. The number of anilines is 1. The Hall–Kier alpha value is -3.12. The number of aliphatic hydroxyl groups excluding tert-OH is 1. The van der Waals surface area contributed by atoms with Crippen molar-refractivity contribution in [1.29, 1.82) is 0 Å². The van der Waals surface area contributed by atoms with Crippen LogP contribution in [0.4, 0.5) is 18.9 Å². The number of methoxy groups -OCH3 is 1. The standard InChI is InChI=1S/C21H26F3N3O6/c1-4-33-20(30)17(28)12-32-11-13(2)26-16-9-25-27(19(29)18(16)21(22,23)24)10-14-5-7-15(31-3)8-6-14/h5-9,13,17,26,28H,4,10-12H2,1-3H3/t13-,17?/m0/s1. The SMILES string of the molecule is CCOC(=O)C(O)COC[C@H](C)Nc1cnn(Cc2ccc(OC)cc2)c(=O)c1C(F)(F)F. The van der Waals surface area contributed by atoms with Crippen LogP contribution < -0.4 is 15.6 Å². The summed E-state index contributed by atoms with van der Waals surface area (Å²) in [4.78, 5) is 23.9. The molecule has 0 bridgehead atoms. The monoisotopic (exact) mass is 473 g/mol. The lowest BCUT2D eigenvalue weighted by Crippen LogP contribution is -2.34. The Bertz CT molecular complexity index is 979. The molecule has 0 radical (unpaired) electrons. The largest absolute Gasteiger partial charge is 0.497 e. The lowest BCUT2D eigenvalue weighted by molar-refractivity contribution is -0.156. The van der Waals surface area contributed by atoms with Gasteiger partial charge in [0.25, 0.3) is 5.56 Å². The number of hydrogen-bond donors (Lipinski definition) is 2. The van der Waals surface area contributed by atoms with E-state index in [0.29, 0.717) is 11.3 Å². The number of ether oxygens (including phenoxy) is 3. The van der Waals surface area contributed by atoms with Crippen LogP contribution in [0.25, 0.3) is 0 Å². The second-order valence-corrected chi connectivity index (χ2v) is 7.09. The van der Waals surface area contributed by atoms with Crippen molar-refractivity contribution in [3.05, 3.63) is 51.9 Å². The Morgan fingerprint density at radius 1 is 1.24 bits per heavy atom. The van der Waals surface area contributed by atoms with E-state index in [0.717, 1.165) is 10.9 Å². The van der Waals surface area contributed by atoms with Gasteiger partial charge in [0.15, 0.2) is 6.10 Å². The summed E-state index contributed by atoms with van der Waals surface area (Å²) in [7, 11) is 1.48. The molecule has 0 saturated heterocycles. The van der Waals surface area contributed by atoms with Crippen LogP contribution in [-0.4, -0.2) is 59.9 Å². The highest BCUT2D eigenvalue weighted by Gasteiger charge is 2.38. The number of aromatic nitrogens is 2. The van der Waals surface area contributed by atoms with E-state index in [9.17, 15) is 27.9 Å². The van der Waals surface area contributed by atoms with Gasteiger partial charge in [-0.25, -0.2) is 9.48 Å². The van der Waals surface area contributed by atoms with E-state index < -0.39 is 47.7 Å². The number of benzene rings is 1. The van der Waals surface area contributed by atoms with Crippen molar-refractivity contribution in [2.24, 2.45) is 0 Å². The summed E-state index contributed by atoms with van der Waals surface area (Å²) >= 11 is 0. The highest BCUT2D eigenvalue weighted by molar-refractivity contribution is 5.74. The Balaban J connectivity index is 2.12. The molecule has 1 unspecified atom stereocenters. The van der Waals surface area contributed by atoms with Gasteiger partial charge in [0.2, 0.25) is 0 Å². The normalized spacial score (nSPS) is 13.3. The van der Waals surface area contributed by atoms with E-state index in [4.69, 9.17) is 9.47 Å². The summed E-state index contributed by atoms with van der Waals surface area (Å²) in [5, 5.41) is 16.0. The molecule has 0 saturated carbocycles. The number of alkyl halides is 3. The molecular weight excluding hydrogens is 447 g/mol. The second kappa shape index (κ2) is 11.7. The molecule has 0 spiro atoms. The first-order valence-corrected chi connectivity index (χ1v) is 10.1. The molecule has 2 atom stereocenters. The number of rotatable bonds is 11. The molecule has 182 valence electrons. The van der Waals surface area contributed by atoms with Crippen molar-refractivity contribution >= 4 is 11.7 Å². The van der Waals surface area contributed by atoms with E-state index in [1.165, 1.54) is 14.0 Å². The topological polar surface area (TPSA) is 112 Å². The smallest absolute Gasteiger partial charge is 0.423 e. The Morgan fingerprint density at radius 2 is 1.91 bits per heavy atom. The Kier molecular flexibility index (Phi) is 9.23. The summed E-state index contributed by atoms with van der Waals surface area (Å²) in [5.41, 5.74) is -2.61. The van der Waals surface area contributed by atoms with Gasteiger partial charge in [-0.3, -0.25) is 4.79 Å². The molecule has 1 aromatic carbocycles. The molecule has 0 aliphatic heterocycles. The molecule has 2 rings (SSSR count).